The van der Waals surface area contributed by atoms with E-state index in [1.165, 1.54) is 23.3 Å². The summed E-state index contributed by atoms with van der Waals surface area (Å²) in [5.74, 6) is -0.668. The number of nitrogens with zero attached hydrogens (tertiary/aromatic N) is 2. The number of methoxy groups -OCH3 is 1. The highest BCUT2D eigenvalue weighted by molar-refractivity contribution is 8.14. The minimum Gasteiger partial charge on any atom is -0.467 e. The van der Waals surface area contributed by atoms with E-state index in [9.17, 15) is 14.4 Å². The molecule has 1 heterocycles. The molecule has 0 aliphatic heterocycles. The molecule has 1 aromatic heterocycles. The van der Waals surface area contributed by atoms with Crippen LogP contribution in [0.15, 0.2) is 71.6 Å². The lowest BCUT2D eigenvalue weighted by atomic mass is 9.99. The Morgan fingerprint density at radius 3 is 2.31 bits per heavy atom. The molecule has 2 atom stereocenters. The van der Waals surface area contributed by atoms with Crippen LogP contribution in [-0.4, -0.2) is 40.9 Å². The molecule has 8 heteroatoms. The van der Waals surface area contributed by atoms with Crippen molar-refractivity contribution >= 4 is 45.9 Å². The third-order valence-electron chi connectivity index (χ3n) is 4.93. The fourth-order valence-corrected chi connectivity index (χ4v) is 4.69. The molecule has 3 rings (SSSR count). The lowest BCUT2D eigenvalue weighted by Gasteiger charge is -2.29. The first kappa shape index (κ1) is 23.7. The van der Waals surface area contributed by atoms with E-state index < -0.39 is 17.9 Å². The summed E-state index contributed by atoms with van der Waals surface area (Å²) in [4.78, 5) is 44.3. The van der Waals surface area contributed by atoms with E-state index in [1.54, 1.807) is 29.9 Å². The summed E-state index contributed by atoms with van der Waals surface area (Å²) in [6, 6.07) is 17.8. The zero-order chi connectivity index (χ0) is 22.9. The maximum Gasteiger partial charge on any atom is 0.328 e. The number of amides is 1. The largest absolute Gasteiger partial charge is 0.467 e. The molecule has 2 aromatic carbocycles. The Morgan fingerprint density at radius 2 is 1.72 bits per heavy atom. The average molecular weight is 469 g/mol. The highest BCUT2D eigenvalue weighted by atomic mass is 32.2. The Bertz CT molecular complexity index is 1030. The second-order valence-electron chi connectivity index (χ2n) is 7.11. The number of benzene rings is 2. The number of carbonyl (C=O) groups is 3. The van der Waals surface area contributed by atoms with Gasteiger partial charge < -0.3 is 4.74 Å². The van der Waals surface area contributed by atoms with Gasteiger partial charge in [-0.3, -0.25) is 14.5 Å². The highest BCUT2D eigenvalue weighted by Crippen LogP contribution is 2.25. The van der Waals surface area contributed by atoms with E-state index in [2.05, 4.69) is 4.98 Å². The summed E-state index contributed by atoms with van der Waals surface area (Å²) in [6.07, 6.45) is 0.434. The molecule has 3 aromatic rings. The van der Waals surface area contributed by atoms with Gasteiger partial charge >= 0.3 is 5.97 Å². The summed E-state index contributed by atoms with van der Waals surface area (Å²) in [5.41, 5.74) is 3.17. The number of ether oxygens (including phenoxy) is 1. The molecule has 0 spiro atoms. The van der Waals surface area contributed by atoms with Crippen molar-refractivity contribution < 1.29 is 19.1 Å². The van der Waals surface area contributed by atoms with Crippen LogP contribution in [0.25, 0.3) is 0 Å². The van der Waals surface area contributed by atoms with Crippen LogP contribution in [0.3, 0.4) is 0 Å². The smallest absolute Gasteiger partial charge is 0.328 e. The van der Waals surface area contributed by atoms with E-state index in [-0.39, 0.29) is 16.8 Å². The number of thiazole rings is 1. The SMILES string of the molecule is COC(=O)C(C)N(C(=O)C(CSC(=O)c1ccccc1)Cc1ccccc1)c1cscn1. The Morgan fingerprint density at radius 1 is 1.06 bits per heavy atom. The molecule has 0 radical (unpaired) electrons. The number of rotatable bonds is 9. The monoisotopic (exact) mass is 468 g/mol. The van der Waals surface area contributed by atoms with E-state index in [4.69, 9.17) is 4.74 Å². The number of carbonyl (C=O) groups excluding carboxylic acids is 3. The van der Waals surface area contributed by atoms with Gasteiger partial charge in [-0.2, -0.15) is 0 Å². The zero-order valence-corrected chi connectivity index (χ0v) is 19.5. The summed E-state index contributed by atoms with van der Waals surface area (Å²) >= 11 is 2.44. The molecule has 0 aliphatic rings. The lowest BCUT2D eigenvalue weighted by molar-refractivity contribution is -0.143. The third kappa shape index (κ3) is 6.05. The van der Waals surface area contributed by atoms with Crippen molar-refractivity contribution in [1.82, 2.24) is 4.98 Å². The van der Waals surface area contributed by atoms with Crippen molar-refractivity contribution in [2.24, 2.45) is 5.92 Å². The molecule has 0 saturated carbocycles. The number of anilines is 1. The van der Waals surface area contributed by atoms with Crippen LogP contribution in [0, 0.1) is 5.92 Å². The van der Waals surface area contributed by atoms with E-state index in [0.29, 0.717) is 17.8 Å². The minimum atomic E-state index is -0.845. The van der Waals surface area contributed by atoms with Gasteiger partial charge in [0.1, 0.15) is 11.9 Å². The van der Waals surface area contributed by atoms with Gasteiger partial charge in [-0.05, 0) is 18.9 Å². The molecule has 1 amide bonds. The molecule has 0 N–H and O–H groups in total. The molecular formula is C24H24N2O4S2. The Hall–Kier alpha value is -2.97. The molecular weight excluding hydrogens is 444 g/mol. The highest BCUT2D eigenvalue weighted by Gasteiger charge is 2.34. The van der Waals surface area contributed by atoms with E-state index >= 15 is 0 Å². The van der Waals surface area contributed by atoms with Crippen molar-refractivity contribution in [1.29, 1.82) is 0 Å². The summed E-state index contributed by atoms with van der Waals surface area (Å²) in [6.45, 7) is 1.62. The summed E-state index contributed by atoms with van der Waals surface area (Å²) in [5, 5.41) is 1.62. The fourth-order valence-electron chi connectivity index (χ4n) is 3.25. The Balaban J connectivity index is 1.86. The summed E-state index contributed by atoms with van der Waals surface area (Å²) in [7, 11) is 1.29. The second-order valence-corrected chi connectivity index (χ2v) is 8.82. The van der Waals surface area contributed by atoms with Gasteiger partial charge in [0.15, 0.2) is 0 Å². The van der Waals surface area contributed by atoms with Crippen LogP contribution in [0.1, 0.15) is 22.8 Å². The normalized spacial score (nSPS) is 12.6. The number of hydrogen-bond acceptors (Lipinski definition) is 7. The molecule has 166 valence electrons. The maximum atomic E-state index is 13.7. The average Bonchev–Trinajstić information content (AvgIpc) is 3.36. The molecule has 0 aliphatic carbocycles. The number of esters is 1. The van der Waals surface area contributed by atoms with E-state index in [0.717, 1.165) is 17.3 Å². The fraction of sp³-hybridized carbons (Fsp3) is 0.250. The molecule has 2 unspecified atom stereocenters. The zero-order valence-electron chi connectivity index (χ0n) is 17.8. The first-order chi connectivity index (χ1) is 15.5. The number of thioether (sulfide) groups is 1. The molecule has 32 heavy (non-hydrogen) atoms. The van der Waals surface area contributed by atoms with Gasteiger partial charge in [0, 0.05) is 16.7 Å². The number of aromatic nitrogens is 1. The van der Waals surface area contributed by atoms with Gasteiger partial charge in [-0.15, -0.1) is 11.3 Å². The van der Waals surface area contributed by atoms with Gasteiger partial charge in [-0.25, -0.2) is 9.78 Å². The van der Waals surface area contributed by atoms with Crippen LogP contribution in [0.4, 0.5) is 5.82 Å². The van der Waals surface area contributed by atoms with Crippen molar-refractivity contribution in [2.45, 2.75) is 19.4 Å². The predicted octanol–water partition coefficient (Wildman–Crippen LogP) is 4.47. The Labute approximate surface area is 195 Å². The molecule has 6 nitrogen and oxygen atoms in total. The van der Waals surface area contributed by atoms with Gasteiger partial charge in [-0.1, -0.05) is 72.4 Å². The van der Waals surface area contributed by atoms with Crippen molar-refractivity contribution in [3.63, 3.8) is 0 Å². The van der Waals surface area contributed by atoms with Crippen molar-refractivity contribution in [3.05, 3.63) is 82.7 Å². The first-order valence-corrected chi connectivity index (χ1v) is 12.0. The van der Waals surface area contributed by atoms with Crippen molar-refractivity contribution in [3.8, 4) is 0 Å². The van der Waals surface area contributed by atoms with Crippen LogP contribution in [0.2, 0.25) is 0 Å². The van der Waals surface area contributed by atoms with E-state index in [1.807, 2.05) is 48.5 Å². The molecule has 0 saturated heterocycles. The van der Waals surface area contributed by atoms with Crippen LogP contribution >= 0.6 is 23.1 Å². The molecule has 0 bridgehead atoms. The number of hydrogen-bond donors (Lipinski definition) is 0. The second kappa shape index (κ2) is 11.6. The molecule has 0 fully saturated rings. The topological polar surface area (TPSA) is 76.6 Å². The van der Waals surface area contributed by atoms with Gasteiger partial charge in [0.2, 0.25) is 11.0 Å². The summed E-state index contributed by atoms with van der Waals surface area (Å²) < 4.78 is 4.88. The van der Waals surface area contributed by atoms with Crippen LogP contribution in [0.5, 0.6) is 0 Å². The minimum absolute atomic E-state index is 0.0994. The predicted molar refractivity (Wildman–Crippen MR) is 128 cm³/mol. The van der Waals surface area contributed by atoms with Crippen LogP contribution < -0.4 is 4.90 Å². The van der Waals surface area contributed by atoms with Gasteiger partial charge in [0.25, 0.3) is 0 Å². The first-order valence-electron chi connectivity index (χ1n) is 10.1. The standard InChI is InChI=1S/C24H24N2O4S2/c1-17(23(28)30-2)26(21-15-31-16-25-21)22(27)20(13-18-9-5-3-6-10-18)14-32-24(29)19-11-7-4-8-12-19/h3-12,15-17,20H,13-14H2,1-2H3. The maximum absolute atomic E-state index is 13.7. The van der Waals surface area contributed by atoms with Gasteiger partial charge in [0.05, 0.1) is 18.5 Å². The van der Waals surface area contributed by atoms with Crippen LogP contribution in [-0.2, 0) is 20.7 Å². The van der Waals surface area contributed by atoms with Crippen molar-refractivity contribution in [2.75, 3.05) is 17.8 Å². The lowest BCUT2D eigenvalue weighted by Crippen LogP contribution is -2.48. The quantitative estimate of drug-likeness (QED) is 0.431. The Kier molecular flexibility index (Phi) is 8.58. The third-order valence-corrected chi connectivity index (χ3v) is 6.57.